The number of benzene rings is 2. The van der Waals surface area contributed by atoms with Crippen molar-refractivity contribution in [1.82, 2.24) is 14.9 Å². The summed E-state index contributed by atoms with van der Waals surface area (Å²) in [7, 11) is 0. The van der Waals surface area contributed by atoms with Crippen molar-refractivity contribution < 1.29 is 17.9 Å². The van der Waals surface area contributed by atoms with Crippen LogP contribution in [-0.2, 0) is 5.54 Å². The maximum atomic E-state index is 12.7. The van der Waals surface area contributed by atoms with Gasteiger partial charge < -0.3 is 9.64 Å². The number of hydrogen-bond donors (Lipinski definition) is 0. The zero-order valence-corrected chi connectivity index (χ0v) is 17.7. The van der Waals surface area contributed by atoms with E-state index in [-0.39, 0.29) is 11.6 Å². The van der Waals surface area contributed by atoms with Gasteiger partial charge in [0.25, 0.3) is 0 Å². The number of aromatic nitrogens is 2. The van der Waals surface area contributed by atoms with E-state index in [1.807, 2.05) is 24.3 Å². The van der Waals surface area contributed by atoms with Gasteiger partial charge in [-0.25, -0.2) is 15.0 Å². The van der Waals surface area contributed by atoms with Crippen molar-refractivity contribution >= 4 is 11.7 Å². The number of aliphatic imine (C=N–C) groups is 2. The summed E-state index contributed by atoms with van der Waals surface area (Å²) in [4.78, 5) is 19.5. The number of hydrogen-bond acceptors (Lipinski definition) is 7. The topological polar surface area (TPSA) is 86.8 Å². The highest BCUT2D eigenvalue weighted by molar-refractivity contribution is 6.18. The van der Waals surface area contributed by atoms with Crippen LogP contribution in [0.5, 0.6) is 5.75 Å². The van der Waals surface area contributed by atoms with Gasteiger partial charge in [0, 0.05) is 31.0 Å². The normalized spacial score (nSPS) is 19.6. The second kappa shape index (κ2) is 8.26. The fourth-order valence-corrected chi connectivity index (χ4v) is 4.30. The van der Waals surface area contributed by atoms with E-state index in [0.717, 1.165) is 17.5 Å². The van der Waals surface area contributed by atoms with E-state index in [1.54, 1.807) is 17.3 Å². The second-order valence-corrected chi connectivity index (χ2v) is 7.75. The molecule has 0 radical (unpaired) electrons. The number of alkyl halides is 3. The van der Waals surface area contributed by atoms with Crippen LogP contribution in [0, 0.1) is 11.3 Å². The van der Waals surface area contributed by atoms with Gasteiger partial charge in [0.2, 0.25) is 5.84 Å². The maximum Gasteiger partial charge on any atom is 0.573 e. The van der Waals surface area contributed by atoms with Gasteiger partial charge in [-0.05, 0) is 41.3 Å². The Hall–Kier alpha value is -4.26. The minimum absolute atomic E-state index is 0.211. The zero-order chi connectivity index (χ0) is 23.8. The van der Waals surface area contributed by atoms with E-state index in [4.69, 9.17) is 9.98 Å². The van der Waals surface area contributed by atoms with Crippen LogP contribution in [0.15, 0.2) is 77.2 Å². The summed E-state index contributed by atoms with van der Waals surface area (Å²) in [6.45, 7) is 1.14. The Bertz CT molecular complexity index is 1320. The highest BCUT2D eigenvalue weighted by Gasteiger charge is 2.50. The molecular weight excluding hydrogens is 445 g/mol. The monoisotopic (exact) mass is 462 g/mol. The largest absolute Gasteiger partial charge is 0.573 e. The molecule has 0 aliphatic carbocycles. The van der Waals surface area contributed by atoms with Crippen molar-refractivity contribution in [3.05, 3.63) is 78.4 Å². The van der Waals surface area contributed by atoms with Gasteiger partial charge in [0.05, 0.1) is 0 Å². The molecule has 0 fully saturated rings. The second-order valence-electron chi connectivity index (χ2n) is 7.75. The average Bonchev–Trinajstić information content (AvgIpc) is 3.20. The van der Waals surface area contributed by atoms with Gasteiger partial charge in [-0.2, -0.15) is 5.26 Å². The van der Waals surface area contributed by atoms with Crippen molar-refractivity contribution in [3.8, 4) is 22.9 Å². The summed E-state index contributed by atoms with van der Waals surface area (Å²) < 4.78 is 42.1. The number of ether oxygens (including phenoxy) is 1. The summed E-state index contributed by atoms with van der Waals surface area (Å²) in [5, 5.41) is 9.80. The fraction of sp³-hybridized carbons (Fsp3) is 0.208. The summed E-state index contributed by atoms with van der Waals surface area (Å²) in [6.07, 6.45) is 0.778. The minimum atomic E-state index is -4.80. The molecule has 1 unspecified atom stereocenters. The van der Waals surface area contributed by atoms with Crippen molar-refractivity contribution in [2.75, 3.05) is 13.1 Å². The Labute approximate surface area is 192 Å². The van der Waals surface area contributed by atoms with E-state index >= 15 is 0 Å². The first-order valence-electron chi connectivity index (χ1n) is 10.5. The first kappa shape index (κ1) is 21.6. The molecule has 10 heteroatoms. The van der Waals surface area contributed by atoms with Gasteiger partial charge >= 0.3 is 6.36 Å². The Morgan fingerprint density at radius 2 is 1.76 bits per heavy atom. The molecule has 2 aromatic carbocycles. The van der Waals surface area contributed by atoms with Crippen LogP contribution in [0.1, 0.15) is 17.5 Å². The van der Waals surface area contributed by atoms with Gasteiger partial charge in [0.1, 0.15) is 24.0 Å². The van der Waals surface area contributed by atoms with Crippen molar-refractivity contribution in [3.63, 3.8) is 0 Å². The van der Waals surface area contributed by atoms with E-state index in [1.165, 1.54) is 30.6 Å². The Kier molecular flexibility index (Phi) is 5.24. The molecule has 5 rings (SSSR count). The zero-order valence-electron chi connectivity index (χ0n) is 17.7. The molecule has 3 heterocycles. The molecular formula is C24H17F3N6O. The minimum Gasteiger partial charge on any atom is -0.406 e. The molecule has 1 aromatic heterocycles. The van der Waals surface area contributed by atoms with Crippen LogP contribution in [0.3, 0.4) is 0 Å². The van der Waals surface area contributed by atoms with E-state index in [2.05, 4.69) is 20.8 Å². The third-order valence-corrected chi connectivity index (χ3v) is 5.69. The van der Waals surface area contributed by atoms with E-state index in [0.29, 0.717) is 30.1 Å². The molecule has 1 atom stereocenters. The van der Waals surface area contributed by atoms with Crippen LogP contribution in [0.25, 0.3) is 11.1 Å². The number of rotatable bonds is 4. The predicted octanol–water partition coefficient (Wildman–Crippen LogP) is 4.33. The Morgan fingerprint density at radius 3 is 2.47 bits per heavy atom. The van der Waals surface area contributed by atoms with E-state index in [9.17, 15) is 18.4 Å². The lowest BCUT2D eigenvalue weighted by atomic mass is 9.81. The maximum absolute atomic E-state index is 12.7. The number of halogens is 3. The van der Waals surface area contributed by atoms with Gasteiger partial charge in [0.15, 0.2) is 5.54 Å². The molecule has 0 bridgehead atoms. The van der Waals surface area contributed by atoms with Gasteiger partial charge in [-0.3, -0.25) is 4.99 Å². The predicted molar refractivity (Wildman–Crippen MR) is 118 cm³/mol. The molecule has 7 nitrogen and oxygen atoms in total. The van der Waals surface area contributed by atoms with Crippen molar-refractivity contribution in [1.29, 1.82) is 5.26 Å². The number of nitrogens with zero attached hydrogens (tertiary/aromatic N) is 6. The first-order chi connectivity index (χ1) is 16.4. The Morgan fingerprint density at radius 1 is 1.00 bits per heavy atom. The van der Waals surface area contributed by atoms with Crippen LogP contribution in [-0.4, -0.2) is 46.0 Å². The highest BCUT2D eigenvalue weighted by atomic mass is 19.4. The summed E-state index contributed by atoms with van der Waals surface area (Å²) in [5.74, 6) is 0.440. The third-order valence-electron chi connectivity index (χ3n) is 5.69. The van der Waals surface area contributed by atoms with Gasteiger partial charge in [-0.15, -0.1) is 13.2 Å². The summed E-state index contributed by atoms with van der Waals surface area (Å²) >= 11 is 0. The molecule has 0 saturated carbocycles. The highest BCUT2D eigenvalue weighted by Crippen LogP contribution is 2.43. The molecule has 0 N–H and O–H groups in total. The first-order valence-corrected chi connectivity index (χ1v) is 10.5. The molecule has 0 amide bonds. The lowest BCUT2D eigenvalue weighted by Gasteiger charge is -2.33. The quantitative estimate of drug-likeness (QED) is 0.576. The molecule has 34 heavy (non-hydrogen) atoms. The third kappa shape index (κ3) is 3.75. The standard InChI is InChI=1S/C24H17F3N6O/c25-24(26,27)34-20-7-5-18(6-8-20)23(22-31-9-2-10-33(22)21(12-28)32-23)19-4-1-3-16(11-19)17-13-29-15-30-14-17/h1,3-8,11,13-15H,2,9-10H2. The molecule has 3 aromatic rings. The molecule has 2 aliphatic heterocycles. The summed E-state index contributed by atoms with van der Waals surface area (Å²) in [5.41, 5.74) is 1.71. The number of nitriles is 1. The van der Waals surface area contributed by atoms with Gasteiger partial charge in [-0.1, -0.05) is 30.3 Å². The lowest BCUT2D eigenvalue weighted by molar-refractivity contribution is -0.274. The van der Waals surface area contributed by atoms with Crippen molar-refractivity contribution in [2.45, 2.75) is 18.3 Å². The van der Waals surface area contributed by atoms with Crippen LogP contribution in [0.4, 0.5) is 13.2 Å². The Balaban J connectivity index is 1.70. The molecule has 0 spiro atoms. The van der Waals surface area contributed by atoms with Crippen LogP contribution < -0.4 is 4.74 Å². The van der Waals surface area contributed by atoms with Crippen molar-refractivity contribution in [2.24, 2.45) is 9.98 Å². The smallest absolute Gasteiger partial charge is 0.406 e. The fourth-order valence-electron chi connectivity index (χ4n) is 4.30. The van der Waals surface area contributed by atoms with E-state index < -0.39 is 11.9 Å². The SMILES string of the molecule is N#CC1=NC(c2ccc(OC(F)(F)F)cc2)(c2cccc(-c3cncnc3)c2)C2=NCCCN12. The molecule has 0 saturated heterocycles. The lowest BCUT2D eigenvalue weighted by Crippen LogP contribution is -2.44. The molecule has 170 valence electrons. The average molecular weight is 462 g/mol. The molecule has 2 aliphatic rings. The number of fused-ring (bicyclic) bond motifs is 1. The summed E-state index contributed by atoms with van der Waals surface area (Å²) in [6, 6.07) is 15.2. The van der Waals surface area contributed by atoms with Crippen LogP contribution in [0.2, 0.25) is 0 Å². The number of amidine groups is 2. The van der Waals surface area contributed by atoms with Crippen LogP contribution >= 0.6 is 0 Å².